The molecule has 4 heterocycles. The molecule has 4 atom stereocenters. The van der Waals surface area contributed by atoms with Crippen LogP contribution in [0.2, 0.25) is 0 Å². The quantitative estimate of drug-likeness (QED) is 0.0969. The summed E-state index contributed by atoms with van der Waals surface area (Å²) in [6, 6.07) is 56.7. The molecule has 2 aliphatic rings. The van der Waals surface area contributed by atoms with Crippen molar-refractivity contribution in [2.45, 2.75) is 35.6 Å². The van der Waals surface area contributed by atoms with Crippen molar-refractivity contribution < 1.29 is 28.8 Å². The number of fused-ring (bicyclic) bond motifs is 1. The highest BCUT2D eigenvalue weighted by Gasteiger charge is 2.50. The predicted molar refractivity (Wildman–Crippen MR) is 253 cm³/mol. The Morgan fingerprint density at radius 3 is 1.64 bits per heavy atom. The molecule has 2 saturated heterocycles. The number of ether oxygens (including phenoxy) is 5. The second kappa shape index (κ2) is 18.9. The van der Waals surface area contributed by atoms with Crippen molar-refractivity contribution in [3.8, 4) is 11.5 Å². The molecule has 10 rings (SSSR count). The number of hydrogen-bond acceptors (Lipinski definition) is 11. The molecule has 0 radical (unpaired) electrons. The van der Waals surface area contributed by atoms with Crippen molar-refractivity contribution in [1.82, 2.24) is 24.4 Å². The average molecular weight is 881 g/mol. The van der Waals surface area contributed by atoms with Gasteiger partial charge < -0.3 is 34.1 Å². The molecule has 12 heteroatoms. The zero-order valence-corrected chi connectivity index (χ0v) is 36.9. The summed E-state index contributed by atoms with van der Waals surface area (Å²) < 4.78 is 33.2. The van der Waals surface area contributed by atoms with Gasteiger partial charge in [-0.1, -0.05) is 146 Å². The molecule has 12 nitrogen and oxygen atoms in total. The molecule has 0 amide bonds. The van der Waals surface area contributed by atoms with Crippen LogP contribution in [0, 0.1) is 0 Å². The van der Waals surface area contributed by atoms with Crippen LogP contribution in [-0.2, 0) is 25.4 Å². The van der Waals surface area contributed by atoms with Gasteiger partial charge in [0.25, 0.3) is 0 Å². The minimum Gasteiger partial charge on any atom is -0.497 e. The monoisotopic (exact) mass is 880 g/mol. The van der Waals surface area contributed by atoms with E-state index < -0.39 is 35.6 Å². The van der Waals surface area contributed by atoms with E-state index in [1.165, 1.54) is 6.33 Å². The Bertz CT molecular complexity index is 2730. The van der Waals surface area contributed by atoms with E-state index in [0.717, 1.165) is 44.9 Å². The first-order chi connectivity index (χ1) is 32.5. The normalized spacial score (nSPS) is 19.1. The second-order valence-corrected chi connectivity index (χ2v) is 16.5. The van der Waals surface area contributed by atoms with Crippen molar-refractivity contribution in [2.24, 2.45) is 0 Å². The first-order valence-electron chi connectivity index (χ1n) is 22.3. The first-order valence-corrected chi connectivity index (χ1v) is 22.3. The lowest BCUT2D eigenvalue weighted by molar-refractivity contribution is -0.0940. The molecule has 2 aliphatic heterocycles. The number of anilines is 1. The Morgan fingerprint density at radius 2 is 1.11 bits per heavy atom. The zero-order chi connectivity index (χ0) is 44.9. The van der Waals surface area contributed by atoms with E-state index in [-0.39, 0.29) is 6.61 Å². The fraction of sp³-hybridized carbons (Fsp3) is 0.241. The van der Waals surface area contributed by atoms with Crippen LogP contribution in [0.1, 0.15) is 39.6 Å². The highest BCUT2D eigenvalue weighted by molar-refractivity contribution is 5.84. The Kier molecular flexibility index (Phi) is 12.3. The van der Waals surface area contributed by atoms with E-state index in [1.54, 1.807) is 20.5 Å². The number of benzene rings is 6. The van der Waals surface area contributed by atoms with Crippen LogP contribution in [0.5, 0.6) is 11.5 Å². The summed E-state index contributed by atoms with van der Waals surface area (Å²) in [5.41, 5.74) is 4.85. The Balaban J connectivity index is 1.04. The van der Waals surface area contributed by atoms with Crippen molar-refractivity contribution >= 4 is 17.0 Å². The number of rotatable bonds is 15. The van der Waals surface area contributed by atoms with Crippen molar-refractivity contribution in [1.29, 1.82) is 0 Å². The Morgan fingerprint density at radius 1 is 0.621 bits per heavy atom. The molecule has 0 bridgehead atoms. The molecule has 66 heavy (non-hydrogen) atoms. The maximum Gasteiger partial charge on any atom is 0.167 e. The van der Waals surface area contributed by atoms with E-state index in [4.69, 9.17) is 38.6 Å². The number of hydrogen-bond donors (Lipinski definition) is 2. The second-order valence-electron chi connectivity index (χ2n) is 16.5. The summed E-state index contributed by atoms with van der Waals surface area (Å²) in [6.45, 7) is 2.48. The van der Waals surface area contributed by atoms with Crippen LogP contribution >= 0.6 is 0 Å². The van der Waals surface area contributed by atoms with E-state index in [2.05, 4.69) is 70.9 Å². The number of nitrogens with one attached hydrogen (secondary N) is 1. The fourth-order valence-corrected chi connectivity index (χ4v) is 9.79. The van der Waals surface area contributed by atoms with Crippen molar-refractivity contribution in [3.63, 3.8) is 0 Å². The minimum atomic E-state index is -1.04. The molecule has 2 N–H and O–H groups in total. The van der Waals surface area contributed by atoms with Gasteiger partial charge >= 0.3 is 0 Å². The van der Waals surface area contributed by atoms with Crippen molar-refractivity contribution in [3.05, 3.63) is 216 Å². The van der Waals surface area contributed by atoms with Gasteiger partial charge in [-0.3, -0.25) is 9.47 Å². The number of aliphatic hydroxyl groups excluding tert-OH is 1. The molecule has 0 saturated carbocycles. The van der Waals surface area contributed by atoms with Crippen LogP contribution in [0.25, 0.3) is 11.2 Å². The third-order valence-corrected chi connectivity index (χ3v) is 13.0. The molecule has 8 aromatic rings. The minimum absolute atomic E-state index is 0.137. The number of aromatic nitrogens is 4. The highest BCUT2D eigenvalue weighted by atomic mass is 16.6. The van der Waals surface area contributed by atoms with Crippen LogP contribution < -0.4 is 14.8 Å². The van der Waals surface area contributed by atoms with Gasteiger partial charge in [0, 0.05) is 13.1 Å². The molecular formula is C54H52N6O6. The van der Waals surface area contributed by atoms with E-state index in [1.807, 2.05) is 114 Å². The molecule has 0 aliphatic carbocycles. The maximum absolute atomic E-state index is 12.6. The predicted octanol–water partition coefficient (Wildman–Crippen LogP) is 8.22. The largest absolute Gasteiger partial charge is 0.497 e. The highest BCUT2D eigenvalue weighted by Crippen LogP contribution is 2.45. The maximum atomic E-state index is 12.6. The van der Waals surface area contributed by atoms with Gasteiger partial charge in [0.05, 0.1) is 46.4 Å². The van der Waals surface area contributed by atoms with E-state index >= 15 is 0 Å². The third-order valence-electron chi connectivity index (χ3n) is 13.0. The summed E-state index contributed by atoms with van der Waals surface area (Å²) >= 11 is 0. The fourth-order valence-electron chi connectivity index (χ4n) is 9.79. The van der Waals surface area contributed by atoms with Gasteiger partial charge in [-0.15, -0.1) is 0 Å². The van der Waals surface area contributed by atoms with Crippen LogP contribution in [0.4, 0.5) is 5.82 Å². The lowest BCUT2D eigenvalue weighted by Gasteiger charge is -2.39. The van der Waals surface area contributed by atoms with Gasteiger partial charge in [0.15, 0.2) is 23.2 Å². The molecule has 2 fully saturated rings. The number of methoxy groups -OCH3 is 2. The Hall–Kier alpha value is -6.93. The van der Waals surface area contributed by atoms with Gasteiger partial charge in [0.1, 0.15) is 41.2 Å². The molecule has 334 valence electrons. The summed E-state index contributed by atoms with van der Waals surface area (Å²) in [6.07, 6.45) is 0.785. The third kappa shape index (κ3) is 7.86. The molecule has 6 aromatic carbocycles. The zero-order valence-electron chi connectivity index (χ0n) is 36.9. The molecule has 2 aromatic heterocycles. The number of imidazole rings is 1. The molecule has 0 spiro atoms. The lowest BCUT2D eigenvalue weighted by Crippen LogP contribution is -2.53. The lowest BCUT2D eigenvalue weighted by atomic mass is 9.77. The van der Waals surface area contributed by atoms with Crippen LogP contribution in [0.15, 0.2) is 183 Å². The summed E-state index contributed by atoms with van der Waals surface area (Å²) in [5, 5.41) is 16.5. The van der Waals surface area contributed by atoms with Gasteiger partial charge in [-0.2, -0.15) is 0 Å². The van der Waals surface area contributed by atoms with Crippen molar-refractivity contribution in [2.75, 3.05) is 52.4 Å². The SMILES string of the molecule is COc1ccc(C(Nc2ncnc3c2ncn3[C@@H]2O[C@H](COC(c3ccccc3)(c3ccccc3)c3ccc(OC)cc3)[C@@H](N3CCOCC3)[C@@H]2O)(c2ccccc2)c2ccccc2)cc1. The van der Waals surface area contributed by atoms with E-state index in [9.17, 15) is 5.11 Å². The summed E-state index contributed by atoms with van der Waals surface area (Å²) in [5.74, 6) is 2.00. The van der Waals surface area contributed by atoms with E-state index in [0.29, 0.717) is 43.3 Å². The smallest absolute Gasteiger partial charge is 0.167 e. The van der Waals surface area contributed by atoms with Gasteiger partial charge in [0.2, 0.25) is 0 Å². The standard InChI is InChI=1S/C54H52N6O6/c1-62-44-27-23-40(24-28-44)53(38-15-7-3-8-16-38,39-17-9-4-10-18-39)58-50-47-51(56-36-55-50)60(37-57-47)52-49(61)48(59-31-33-64-34-32-59)46(66-52)35-65-54(41-19-11-5-12-20-41,42-21-13-6-14-22-42)43-25-29-45(63-2)30-26-43/h3-30,36-37,46,48-49,52,61H,31-35H2,1-2H3,(H,55,56,58)/t46-,48-,49+,52-/m1/s1. The van der Waals surface area contributed by atoms with Crippen LogP contribution in [0.3, 0.4) is 0 Å². The molecule has 0 unspecified atom stereocenters. The topological polar surface area (TPSA) is 125 Å². The average Bonchev–Trinajstić information content (AvgIpc) is 3.98. The summed E-state index contributed by atoms with van der Waals surface area (Å²) in [7, 11) is 3.33. The number of aliphatic hydroxyl groups is 1. The Labute approximate surface area is 384 Å². The molecular weight excluding hydrogens is 829 g/mol. The summed E-state index contributed by atoms with van der Waals surface area (Å²) in [4.78, 5) is 16.9. The number of morpholine rings is 1. The van der Waals surface area contributed by atoms with Gasteiger partial charge in [-0.05, 0) is 57.6 Å². The van der Waals surface area contributed by atoms with Crippen LogP contribution in [-0.4, -0.2) is 94.9 Å². The first kappa shape index (κ1) is 43.0. The number of nitrogens with zero attached hydrogens (tertiary/aromatic N) is 5. The van der Waals surface area contributed by atoms with Gasteiger partial charge in [-0.25, -0.2) is 15.0 Å².